The Morgan fingerprint density at radius 1 is 1.07 bits per heavy atom. The number of nitrogens with one attached hydrogen (secondary N) is 1. The second kappa shape index (κ2) is 11.0. The minimum atomic E-state index is -4.41. The number of ether oxygens (including phenoxy) is 1. The molecule has 2 aromatic heterocycles. The molecular formula is C26H27F2N7O4S. The van der Waals surface area contributed by atoms with Gasteiger partial charge in [-0.05, 0) is 24.3 Å². The third-order valence-electron chi connectivity index (χ3n) is 6.87. The lowest BCUT2D eigenvalue weighted by molar-refractivity contribution is -0.126. The summed E-state index contributed by atoms with van der Waals surface area (Å²) in [7, 11) is -3.08. The minimum absolute atomic E-state index is 0.00191. The summed E-state index contributed by atoms with van der Waals surface area (Å²) < 4.78 is 61.0. The van der Waals surface area contributed by atoms with Gasteiger partial charge in [-0.1, -0.05) is 6.58 Å². The molecule has 1 saturated heterocycles. The fourth-order valence-corrected chi connectivity index (χ4v) is 5.94. The van der Waals surface area contributed by atoms with Gasteiger partial charge in [-0.15, -0.1) is 0 Å². The summed E-state index contributed by atoms with van der Waals surface area (Å²) >= 11 is 0. The van der Waals surface area contributed by atoms with E-state index in [1.807, 2.05) is 4.90 Å². The van der Waals surface area contributed by atoms with E-state index < -0.39 is 26.6 Å². The summed E-state index contributed by atoms with van der Waals surface area (Å²) in [6.07, 6.45) is 5.03. The zero-order valence-electron chi connectivity index (χ0n) is 21.7. The molecule has 5 rings (SSSR count). The zero-order chi connectivity index (χ0) is 28.4. The van der Waals surface area contributed by atoms with Crippen LogP contribution in [0.3, 0.4) is 0 Å². The molecule has 210 valence electrons. The molecule has 40 heavy (non-hydrogen) atoms. The number of methoxy groups -OCH3 is 1. The van der Waals surface area contributed by atoms with Crippen LogP contribution in [0.25, 0.3) is 0 Å². The van der Waals surface area contributed by atoms with Crippen molar-refractivity contribution in [3.63, 3.8) is 0 Å². The van der Waals surface area contributed by atoms with Gasteiger partial charge in [0.1, 0.15) is 34.4 Å². The first-order valence-electron chi connectivity index (χ1n) is 12.5. The Morgan fingerprint density at radius 3 is 2.55 bits per heavy atom. The topological polar surface area (TPSA) is 121 Å². The molecule has 4 heterocycles. The van der Waals surface area contributed by atoms with Crippen molar-refractivity contribution in [2.45, 2.75) is 17.9 Å². The first kappa shape index (κ1) is 27.2. The molecule has 2 aliphatic heterocycles. The Kier molecular flexibility index (Phi) is 7.52. The monoisotopic (exact) mass is 571 g/mol. The number of hydrogen-bond acceptors (Lipinski definition) is 9. The third-order valence-corrected chi connectivity index (χ3v) is 8.27. The number of hydrogen-bond donors (Lipinski definition) is 1. The van der Waals surface area contributed by atoms with Crippen LogP contribution in [0.1, 0.15) is 11.3 Å². The molecule has 0 spiro atoms. The molecule has 1 fully saturated rings. The van der Waals surface area contributed by atoms with Crippen LogP contribution in [0.15, 0.2) is 54.3 Å². The molecule has 11 nitrogen and oxygen atoms in total. The lowest BCUT2D eigenvalue weighted by Crippen LogP contribution is -2.49. The first-order valence-corrected chi connectivity index (χ1v) is 13.9. The van der Waals surface area contributed by atoms with E-state index in [0.29, 0.717) is 57.4 Å². The van der Waals surface area contributed by atoms with Gasteiger partial charge in [-0.25, -0.2) is 32.2 Å². The quantitative estimate of drug-likeness (QED) is 0.426. The second-order valence-electron chi connectivity index (χ2n) is 9.24. The van der Waals surface area contributed by atoms with Crippen LogP contribution in [-0.4, -0.2) is 74.0 Å². The highest BCUT2D eigenvalue weighted by Gasteiger charge is 2.28. The van der Waals surface area contributed by atoms with Crippen molar-refractivity contribution in [3.05, 3.63) is 72.3 Å². The van der Waals surface area contributed by atoms with Crippen molar-refractivity contribution < 1.29 is 26.7 Å². The van der Waals surface area contributed by atoms with Crippen molar-refractivity contribution in [1.29, 1.82) is 0 Å². The standard InChI is InChI=1S/C26H27F2N7O4S/c1-3-24(36)33-8-10-34(11-9-33)25-19-15-35(7-6-21(19)30-16-31-25)18-13-22(26(39-2)29-14-18)32-40(37,38)23-5-4-17(27)12-20(23)28/h3-5,12-14,16,32H,1,6-11,15H2,2H3. The van der Waals surface area contributed by atoms with Gasteiger partial charge in [0.2, 0.25) is 11.8 Å². The number of carbonyl (C=O) groups excluding carboxylic acids is 1. The summed E-state index contributed by atoms with van der Waals surface area (Å²) in [4.78, 5) is 30.4. The predicted molar refractivity (Wildman–Crippen MR) is 144 cm³/mol. The number of sulfonamides is 1. The molecular weight excluding hydrogens is 544 g/mol. The maximum Gasteiger partial charge on any atom is 0.264 e. The molecule has 0 aliphatic carbocycles. The molecule has 0 radical (unpaired) electrons. The number of fused-ring (bicyclic) bond motifs is 1. The summed E-state index contributed by atoms with van der Waals surface area (Å²) in [5.74, 6) is -1.43. The minimum Gasteiger partial charge on any atom is -0.479 e. The smallest absolute Gasteiger partial charge is 0.264 e. The van der Waals surface area contributed by atoms with Crippen LogP contribution >= 0.6 is 0 Å². The lowest BCUT2D eigenvalue weighted by atomic mass is 10.0. The molecule has 2 aliphatic rings. The predicted octanol–water partition coefficient (Wildman–Crippen LogP) is 2.36. The van der Waals surface area contributed by atoms with Crippen LogP contribution in [0.2, 0.25) is 0 Å². The maximum absolute atomic E-state index is 14.3. The highest BCUT2D eigenvalue weighted by molar-refractivity contribution is 7.92. The highest BCUT2D eigenvalue weighted by Crippen LogP contribution is 2.33. The van der Waals surface area contributed by atoms with Gasteiger partial charge in [0.25, 0.3) is 10.0 Å². The van der Waals surface area contributed by atoms with Gasteiger partial charge in [-0.2, -0.15) is 0 Å². The second-order valence-corrected chi connectivity index (χ2v) is 10.9. The van der Waals surface area contributed by atoms with Gasteiger partial charge in [0.15, 0.2) is 0 Å². The SMILES string of the molecule is C=CC(=O)N1CCN(c2ncnc3c2CN(c2cnc(OC)c(NS(=O)(=O)c4ccc(F)cc4F)c2)CC3)CC1. The van der Waals surface area contributed by atoms with Crippen molar-refractivity contribution in [2.24, 2.45) is 0 Å². The Hall–Kier alpha value is -4.33. The summed E-state index contributed by atoms with van der Waals surface area (Å²) in [6, 6.07) is 3.78. The number of piperazine rings is 1. The largest absolute Gasteiger partial charge is 0.479 e. The van der Waals surface area contributed by atoms with Crippen LogP contribution in [-0.2, 0) is 27.8 Å². The number of anilines is 3. The van der Waals surface area contributed by atoms with E-state index >= 15 is 0 Å². The lowest BCUT2D eigenvalue weighted by Gasteiger charge is -2.38. The number of benzene rings is 1. The van der Waals surface area contributed by atoms with E-state index in [0.717, 1.165) is 29.2 Å². The average molecular weight is 572 g/mol. The number of carbonyl (C=O) groups is 1. The van der Waals surface area contributed by atoms with Crippen LogP contribution in [0, 0.1) is 11.6 Å². The normalized spacial score (nSPS) is 15.4. The maximum atomic E-state index is 14.3. The fourth-order valence-electron chi connectivity index (χ4n) is 4.83. The van der Waals surface area contributed by atoms with Crippen LogP contribution in [0.4, 0.5) is 26.0 Å². The number of pyridine rings is 1. The van der Waals surface area contributed by atoms with E-state index in [-0.39, 0.29) is 17.5 Å². The Morgan fingerprint density at radius 2 is 1.85 bits per heavy atom. The molecule has 0 unspecified atom stereocenters. The zero-order valence-corrected chi connectivity index (χ0v) is 22.5. The number of rotatable bonds is 7. The molecule has 1 aromatic carbocycles. The number of aromatic nitrogens is 3. The van der Waals surface area contributed by atoms with E-state index in [9.17, 15) is 22.0 Å². The summed E-state index contributed by atoms with van der Waals surface area (Å²) in [6.45, 7) is 6.89. The first-order chi connectivity index (χ1) is 19.2. The van der Waals surface area contributed by atoms with E-state index in [2.05, 4.69) is 31.2 Å². The fraction of sp³-hybridized carbons (Fsp3) is 0.308. The summed E-state index contributed by atoms with van der Waals surface area (Å²) in [5.41, 5.74) is 2.45. The molecule has 0 bridgehead atoms. The van der Waals surface area contributed by atoms with Gasteiger partial charge in [0.05, 0.1) is 24.7 Å². The van der Waals surface area contributed by atoms with E-state index in [1.165, 1.54) is 13.2 Å². The van der Waals surface area contributed by atoms with Gasteiger partial charge in [-0.3, -0.25) is 9.52 Å². The van der Waals surface area contributed by atoms with E-state index in [1.54, 1.807) is 23.5 Å². The van der Waals surface area contributed by atoms with Crippen molar-refractivity contribution in [1.82, 2.24) is 19.9 Å². The Labute approximate surface area is 230 Å². The Bertz CT molecular complexity index is 1560. The van der Waals surface area contributed by atoms with E-state index in [4.69, 9.17) is 4.74 Å². The van der Waals surface area contributed by atoms with Crippen molar-refractivity contribution >= 4 is 33.1 Å². The highest BCUT2D eigenvalue weighted by atomic mass is 32.2. The van der Waals surface area contributed by atoms with Crippen LogP contribution < -0.4 is 19.3 Å². The molecule has 1 N–H and O–H groups in total. The van der Waals surface area contributed by atoms with Crippen molar-refractivity contribution in [3.8, 4) is 5.88 Å². The van der Waals surface area contributed by atoms with Crippen molar-refractivity contribution in [2.75, 3.05) is 54.4 Å². The number of amides is 1. The summed E-state index contributed by atoms with van der Waals surface area (Å²) in [5, 5.41) is 0. The van der Waals surface area contributed by atoms with Gasteiger partial charge in [0, 0.05) is 57.3 Å². The molecule has 3 aromatic rings. The molecule has 1 amide bonds. The van der Waals surface area contributed by atoms with Gasteiger partial charge < -0.3 is 19.4 Å². The third kappa shape index (κ3) is 5.39. The molecule has 0 atom stereocenters. The molecule has 14 heteroatoms. The van der Waals surface area contributed by atoms with Crippen LogP contribution in [0.5, 0.6) is 5.88 Å². The average Bonchev–Trinajstić information content (AvgIpc) is 2.95. The Balaban J connectivity index is 1.39. The molecule has 0 saturated carbocycles. The van der Waals surface area contributed by atoms with Gasteiger partial charge >= 0.3 is 0 Å². The number of halogens is 2. The number of nitrogens with zero attached hydrogens (tertiary/aromatic N) is 6.